The minimum Gasteiger partial charge on any atom is -0.390 e. The first-order valence-electron chi connectivity index (χ1n) is 2.99. The minimum atomic E-state index is -0.528. The van der Waals surface area contributed by atoms with Crippen LogP contribution < -0.4 is 5.73 Å². The Bertz CT molecular complexity index is 56.0. The van der Waals surface area contributed by atoms with Crippen molar-refractivity contribution in [2.24, 2.45) is 5.73 Å². The van der Waals surface area contributed by atoms with Crippen molar-refractivity contribution >= 4 is 0 Å². The summed E-state index contributed by atoms with van der Waals surface area (Å²) in [6.07, 6.45) is 1.70. The van der Waals surface area contributed by atoms with E-state index in [0.29, 0.717) is 6.54 Å². The van der Waals surface area contributed by atoms with E-state index < -0.39 is 5.60 Å². The lowest BCUT2D eigenvalue weighted by Gasteiger charge is -2.15. The van der Waals surface area contributed by atoms with Crippen LogP contribution >= 0.6 is 0 Å². The number of aliphatic hydroxyl groups is 1. The van der Waals surface area contributed by atoms with Gasteiger partial charge in [-0.1, -0.05) is 0 Å². The second-order valence-corrected chi connectivity index (χ2v) is 2.70. The van der Waals surface area contributed by atoms with E-state index in [4.69, 9.17) is 10.8 Å². The maximum Gasteiger partial charge on any atom is 0.0592 e. The van der Waals surface area contributed by atoms with E-state index in [0.717, 1.165) is 12.8 Å². The Hall–Kier alpha value is -0.0800. The fourth-order valence-electron chi connectivity index (χ4n) is 0.535. The van der Waals surface area contributed by atoms with Crippen LogP contribution in [0, 0.1) is 0 Å². The van der Waals surface area contributed by atoms with Crippen LogP contribution in [0.4, 0.5) is 0 Å². The monoisotopic (exact) mass is 117 g/mol. The maximum atomic E-state index is 9.09. The zero-order valence-corrected chi connectivity index (χ0v) is 5.65. The molecule has 3 N–H and O–H groups in total. The zero-order valence-electron chi connectivity index (χ0n) is 5.65. The van der Waals surface area contributed by atoms with Gasteiger partial charge in [0.25, 0.3) is 0 Å². The molecular weight excluding hydrogens is 102 g/mol. The van der Waals surface area contributed by atoms with Crippen molar-refractivity contribution in [1.29, 1.82) is 0 Å². The van der Waals surface area contributed by atoms with Crippen LogP contribution in [0.15, 0.2) is 0 Å². The van der Waals surface area contributed by atoms with Crippen molar-refractivity contribution in [1.82, 2.24) is 0 Å². The van der Waals surface area contributed by atoms with Crippen molar-refractivity contribution in [3.63, 3.8) is 0 Å². The largest absolute Gasteiger partial charge is 0.390 e. The van der Waals surface area contributed by atoms with Gasteiger partial charge >= 0.3 is 0 Å². The zero-order chi connectivity index (χ0) is 6.62. The average molecular weight is 117 g/mol. The molecule has 0 atom stereocenters. The first-order chi connectivity index (χ1) is 3.56. The molecule has 0 bridgehead atoms. The van der Waals surface area contributed by atoms with Gasteiger partial charge in [-0.25, -0.2) is 0 Å². The number of nitrogens with two attached hydrogens (primary N) is 1. The highest BCUT2D eigenvalue weighted by molar-refractivity contribution is 4.63. The molecule has 0 aromatic rings. The Morgan fingerprint density at radius 1 is 1.50 bits per heavy atom. The van der Waals surface area contributed by atoms with E-state index >= 15 is 0 Å². The Morgan fingerprint density at radius 3 is 2.12 bits per heavy atom. The lowest BCUT2D eigenvalue weighted by molar-refractivity contribution is 0.0695. The van der Waals surface area contributed by atoms with E-state index in [9.17, 15) is 0 Å². The highest BCUT2D eigenvalue weighted by atomic mass is 16.3. The smallest absolute Gasteiger partial charge is 0.0592 e. The van der Waals surface area contributed by atoms with E-state index in [-0.39, 0.29) is 0 Å². The standard InChI is InChI=1S/C6H15NO/c1-6(2,8)4-3-5-7/h8H,3-5,7H2,1-2H3. The van der Waals surface area contributed by atoms with Gasteiger partial charge in [-0.15, -0.1) is 0 Å². The van der Waals surface area contributed by atoms with Gasteiger partial charge in [-0.05, 0) is 33.2 Å². The van der Waals surface area contributed by atoms with Crippen molar-refractivity contribution < 1.29 is 5.11 Å². The van der Waals surface area contributed by atoms with Crippen LogP contribution in [0.1, 0.15) is 26.7 Å². The molecule has 0 amide bonds. The molecule has 0 aromatic heterocycles. The molecule has 50 valence electrons. The predicted molar refractivity (Wildman–Crippen MR) is 34.6 cm³/mol. The number of hydrogen-bond donors (Lipinski definition) is 2. The molecule has 0 aliphatic carbocycles. The van der Waals surface area contributed by atoms with Gasteiger partial charge in [-0.3, -0.25) is 0 Å². The van der Waals surface area contributed by atoms with Gasteiger partial charge in [0.2, 0.25) is 0 Å². The highest BCUT2D eigenvalue weighted by Crippen LogP contribution is 2.08. The Balaban J connectivity index is 3.11. The lowest BCUT2D eigenvalue weighted by Crippen LogP contribution is -2.19. The van der Waals surface area contributed by atoms with Gasteiger partial charge in [0.15, 0.2) is 0 Å². The highest BCUT2D eigenvalue weighted by Gasteiger charge is 2.09. The predicted octanol–water partition coefficient (Wildman–Crippen LogP) is 0.496. The van der Waals surface area contributed by atoms with Crippen LogP contribution in [0.5, 0.6) is 0 Å². The third-order valence-corrected chi connectivity index (χ3v) is 0.993. The first-order valence-corrected chi connectivity index (χ1v) is 2.99. The molecule has 0 spiro atoms. The summed E-state index contributed by atoms with van der Waals surface area (Å²) in [6, 6.07) is 0. The van der Waals surface area contributed by atoms with Gasteiger partial charge < -0.3 is 10.8 Å². The molecule has 0 aromatic carbocycles. The fraction of sp³-hybridized carbons (Fsp3) is 1.00. The van der Waals surface area contributed by atoms with Gasteiger partial charge in [-0.2, -0.15) is 0 Å². The van der Waals surface area contributed by atoms with E-state index in [1.807, 2.05) is 0 Å². The molecule has 8 heavy (non-hydrogen) atoms. The fourth-order valence-corrected chi connectivity index (χ4v) is 0.535. The normalized spacial score (nSPS) is 12.0. The molecule has 2 nitrogen and oxygen atoms in total. The molecule has 0 rings (SSSR count). The lowest BCUT2D eigenvalue weighted by atomic mass is 10.0. The molecule has 2 heteroatoms. The summed E-state index contributed by atoms with van der Waals surface area (Å²) >= 11 is 0. The Morgan fingerprint density at radius 2 is 2.00 bits per heavy atom. The van der Waals surface area contributed by atoms with Gasteiger partial charge in [0, 0.05) is 0 Å². The van der Waals surface area contributed by atoms with Crippen molar-refractivity contribution in [3.05, 3.63) is 0 Å². The second kappa shape index (κ2) is 3.05. The van der Waals surface area contributed by atoms with E-state index in [2.05, 4.69) is 0 Å². The summed E-state index contributed by atoms with van der Waals surface area (Å²) in [5.41, 5.74) is 4.70. The summed E-state index contributed by atoms with van der Waals surface area (Å²) in [5, 5.41) is 9.09. The summed E-state index contributed by atoms with van der Waals surface area (Å²) in [5.74, 6) is 0. The summed E-state index contributed by atoms with van der Waals surface area (Å²) in [4.78, 5) is 0. The van der Waals surface area contributed by atoms with Crippen molar-refractivity contribution in [2.75, 3.05) is 6.54 Å². The Labute approximate surface area is 50.7 Å². The molecule has 0 unspecified atom stereocenters. The number of rotatable bonds is 3. The second-order valence-electron chi connectivity index (χ2n) is 2.70. The third kappa shape index (κ3) is 5.92. The van der Waals surface area contributed by atoms with Crippen LogP contribution in [0.3, 0.4) is 0 Å². The molecule has 0 aliphatic rings. The average Bonchev–Trinajstić information content (AvgIpc) is 1.59. The molecule has 0 fully saturated rings. The van der Waals surface area contributed by atoms with Gasteiger partial charge in [0.1, 0.15) is 0 Å². The Kier molecular flexibility index (Phi) is 3.02. The van der Waals surface area contributed by atoms with E-state index in [1.165, 1.54) is 0 Å². The quantitative estimate of drug-likeness (QED) is 0.565. The van der Waals surface area contributed by atoms with Crippen molar-refractivity contribution in [3.8, 4) is 0 Å². The van der Waals surface area contributed by atoms with Crippen molar-refractivity contribution in [2.45, 2.75) is 32.3 Å². The summed E-state index contributed by atoms with van der Waals surface area (Å²) in [6.45, 7) is 4.26. The maximum absolute atomic E-state index is 9.09. The molecule has 0 saturated heterocycles. The first kappa shape index (κ1) is 7.92. The number of hydrogen-bond acceptors (Lipinski definition) is 2. The topological polar surface area (TPSA) is 46.2 Å². The molecular formula is C6H15NO. The molecule has 0 radical (unpaired) electrons. The molecule has 0 aliphatic heterocycles. The third-order valence-electron chi connectivity index (χ3n) is 0.993. The summed E-state index contributed by atoms with van der Waals surface area (Å²) < 4.78 is 0. The van der Waals surface area contributed by atoms with E-state index in [1.54, 1.807) is 13.8 Å². The van der Waals surface area contributed by atoms with Crippen LogP contribution in [0.25, 0.3) is 0 Å². The molecule has 0 heterocycles. The van der Waals surface area contributed by atoms with Gasteiger partial charge in [0.05, 0.1) is 5.60 Å². The molecule has 0 saturated carbocycles. The van der Waals surface area contributed by atoms with Crippen LogP contribution in [-0.2, 0) is 0 Å². The van der Waals surface area contributed by atoms with Crippen LogP contribution in [0.2, 0.25) is 0 Å². The van der Waals surface area contributed by atoms with Crippen LogP contribution in [-0.4, -0.2) is 17.3 Å². The minimum absolute atomic E-state index is 0.528. The SMILES string of the molecule is CC(C)(O)CCCN. The summed E-state index contributed by atoms with van der Waals surface area (Å²) in [7, 11) is 0.